The minimum Gasteiger partial charge on any atom is -0.493 e. The molecular weight excluding hydrogens is 316 g/mol. The molecule has 0 aliphatic heterocycles. The molecule has 132 valence electrons. The lowest BCUT2D eigenvalue weighted by Crippen LogP contribution is -2.38. The second kappa shape index (κ2) is 9.39. The van der Waals surface area contributed by atoms with Crippen LogP contribution in [0.4, 0.5) is 0 Å². The lowest BCUT2D eigenvalue weighted by Gasteiger charge is -2.11. The van der Waals surface area contributed by atoms with Gasteiger partial charge in [-0.15, -0.1) is 0 Å². The molecule has 8 nitrogen and oxygen atoms in total. The van der Waals surface area contributed by atoms with Crippen LogP contribution in [-0.4, -0.2) is 64.2 Å². The van der Waals surface area contributed by atoms with Crippen LogP contribution < -0.4 is 14.8 Å². The molecule has 0 aromatic heterocycles. The fraction of sp³-hybridized carbons (Fsp3) is 0.438. The van der Waals surface area contributed by atoms with E-state index >= 15 is 0 Å². The zero-order valence-corrected chi connectivity index (χ0v) is 14.3. The van der Waals surface area contributed by atoms with Crippen LogP contribution in [0.5, 0.6) is 11.5 Å². The molecule has 0 aliphatic carbocycles. The predicted octanol–water partition coefficient (Wildman–Crippen LogP) is -0.00610. The Balaban J connectivity index is 2.44. The molecule has 0 spiro atoms. The van der Waals surface area contributed by atoms with E-state index in [0.29, 0.717) is 17.1 Å². The number of nitrogens with one attached hydrogen (secondary N) is 1. The zero-order valence-electron chi connectivity index (χ0n) is 14.3. The van der Waals surface area contributed by atoms with Gasteiger partial charge in [-0.3, -0.25) is 14.4 Å². The van der Waals surface area contributed by atoms with E-state index < -0.39 is 18.5 Å². The van der Waals surface area contributed by atoms with E-state index in [2.05, 4.69) is 5.32 Å². The van der Waals surface area contributed by atoms with Gasteiger partial charge in [0.15, 0.2) is 18.1 Å². The summed E-state index contributed by atoms with van der Waals surface area (Å²) in [5, 5.41) is 2.37. The fourth-order valence-corrected chi connectivity index (χ4v) is 1.74. The molecule has 2 amide bonds. The van der Waals surface area contributed by atoms with Gasteiger partial charge in [0.25, 0.3) is 5.91 Å². The number of hydrogen-bond donors (Lipinski definition) is 1. The number of ether oxygens (including phenoxy) is 3. The summed E-state index contributed by atoms with van der Waals surface area (Å²) in [5.41, 5.74) is 0.667. The molecule has 0 radical (unpaired) electrons. The van der Waals surface area contributed by atoms with Crippen LogP contribution in [0.15, 0.2) is 18.2 Å². The summed E-state index contributed by atoms with van der Waals surface area (Å²) in [6.45, 7) is -0.577. The van der Waals surface area contributed by atoms with Crippen molar-refractivity contribution in [2.45, 2.75) is 6.42 Å². The Hall–Kier alpha value is -2.77. The summed E-state index contributed by atoms with van der Waals surface area (Å²) in [6, 6.07) is 5.05. The number of hydrogen-bond acceptors (Lipinski definition) is 6. The van der Waals surface area contributed by atoms with Gasteiger partial charge in [-0.25, -0.2) is 0 Å². The molecule has 0 atom stereocenters. The van der Waals surface area contributed by atoms with Gasteiger partial charge in [-0.1, -0.05) is 6.07 Å². The summed E-state index contributed by atoms with van der Waals surface area (Å²) in [6.07, 6.45) is -0.00966. The van der Waals surface area contributed by atoms with Crippen molar-refractivity contribution in [3.63, 3.8) is 0 Å². The highest BCUT2D eigenvalue weighted by atomic mass is 16.5. The molecule has 8 heteroatoms. The van der Waals surface area contributed by atoms with Crippen LogP contribution in [0.2, 0.25) is 0 Å². The third kappa shape index (κ3) is 6.15. The van der Waals surface area contributed by atoms with Crippen LogP contribution in [-0.2, 0) is 25.5 Å². The maximum absolute atomic E-state index is 11.8. The molecule has 24 heavy (non-hydrogen) atoms. The number of methoxy groups -OCH3 is 2. The Bertz CT molecular complexity index is 600. The summed E-state index contributed by atoms with van der Waals surface area (Å²) >= 11 is 0. The van der Waals surface area contributed by atoms with Crippen molar-refractivity contribution in [2.75, 3.05) is 41.5 Å². The monoisotopic (exact) mass is 338 g/mol. The summed E-state index contributed by atoms with van der Waals surface area (Å²) in [7, 11) is 6.18. The van der Waals surface area contributed by atoms with E-state index in [1.165, 1.54) is 19.1 Å². The maximum atomic E-state index is 11.8. The second-order valence-electron chi connectivity index (χ2n) is 5.09. The van der Waals surface area contributed by atoms with Gasteiger partial charge in [0.05, 0.1) is 27.2 Å². The van der Waals surface area contributed by atoms with E-state index in [0.717, 1.165) is 0 Å². The van der Waals surface area contributed by atoms with Crippen molar-refractivity contribution < 1.29 is 28.6 Å². The summed E-state index contributed by atoms with van der Waals surface area (Å²) in [5.74, 6) is -0.288. The first-order chi connectivity index (χ1) is 11.4. The fourth-order valence-electron chi connectivity index (χ4n) is 1.74. The predicted molar refractivity (Wildman–Crippen MR) is 85.9 cm³/mol. The standard InChI is InChI=1S/C16H22N2O6/c1-18(2)15(20)9-17-14(19)10-24-16(21)8-11-5-6-12(22-3)13(7-11)23-4/h5-7H,8-10H2,1-4H3,(H,17,19). The minimum atomic E-state index is -0.559. The SMILES string of the molecule is COc1ccc(CC(=O)OCC(=O)NCC(=O)N(C)C)cc1OC. The van der Waals surface area contributed by atoms with Crippen molar-refractivity contribution in [1.82, 2.24) is 10.2 Å². The quantitative estimate of drug-likeness (QED) is 0.670. The van der Waals surface area contributed by atoms with Crippen molar-refractivity contribution in [3.05, 3.63) is 23.8 Å². The maximum Gasteiger partial charge on any atom is 0.310 e. The molecule has 0 heterocycles. The first kappa shape index (κ1) is 19.3. The number of likely N-dealkylation sites (N-methyl/N-ethyl adjacent to an activating group) is 1. The van der Waals surface area contributed by atoms with Gasteiger partial charge in [0.1, 0.15) is 0 Å². The molecule has 0 saturated heterocycles. The van der Waals surface area contributed by atoms with E-state index in [9.17, 15) is 14.4 Å². The van der Waals surface area contributed by atoms with Gasteiger partial charge in [-0.05, 0) is 17.7 Å². The molecule has 1 rings (SSSR count). The lowest BCUT2D eigenvalue weighted by molar-refractivity contribution is -0.148. The Labute approximate surface area is 140 Å². The number of benzene rings is 1. The first-order valence-electron chi connectivity index (χ1n) is 7.20. The highest BCUT2D eigenvalue weighted by molar-refractivity contribution is 5.86. The number of amides is 2. The van der Waals surface area contributed by atoms with Gasteiger partial charge in [-0.2, -0.15) is 0 Å². The van der Waals surface area contributed by atoms with Gasteiger partial charge >= 0.3 is 5.97 Å². The normalized spacial score (nSPS) is 9.83. The Kier molecular flexibility index (Phi) is 7.54. The number of esters is 1. The number of rotatable bonds is 8. The van der Waals surface area contributed by atoms with Crippen LogP contribution in [0, 0.1) is 0 Å². The average Bonchev–Trinajstić information content (AvgIpc) is 2.57. The molecule has 0 bridgehead atoms. The van der Waals surface area contributed by atoms with Crippen LogP contribution in [0.25, 0.3) is 0 Å². The topological polar surface area (TPSA) is 94.2 Å². The Morgan fingerprint density at radius 3 is 2.33 bits per heavy atom. The van der Waals surface area contributed by atoms with Crippen LogP contribution in [0.1, 0.15) is 5.56 Å². The molecule has 0 unspecified atom stereocenters. The molecule has 0 aliphatic rings. The van der Waals surface area contributed by atoms with Gasteiger partial charge in [0.2, 0.25) is 5.91 Å². The molecule has 1 aromatic rings. The molecular formula is C16H22N2O6. The minimum absolute atomic E-state index is 0.00966. The van der Waals surface area contributed by atoms with E-state index in [1.807, 2.05) is 0 Å². The Morgan fingerprint density at radius 1 is 1.08 bits per heavy atom. The average molecular weight is 338 g/mol. The summed E-state index contributed by atoms with van der Waals surface area (Å²) in [4.78, 5) is 36.0. The number of carbonyl (C=O) groups excluding carboxylic acids is 3. The second-order valence-corrected chi connectivity index (χ2v) is 5.09. The Morgan fingerprint density at radius 2 is 1.75 bits per heavy atom. The highest BCUT2D eigenvalue weighted by Gasteiger charge is 2.12. The molecule has 0 saturated carbocycles. The zero-order chi connectivity index (χ0) is 18.1. The molecule has 0 fully saturated rings. The van der Waals surface area contributed by atoms with E-state index in [-0.39, 0.29) is 18.9 Å². The highest BCUT2D eigenvalue weighted by Crippen LogP contribution is 2.27. The third-order valence-electron chi connectivity index (χ3n) is 3.10. The molecule has 1 aromatic carbocycles. The van der Waals surface area contributed by atoms with Crippen molar-refractivity contribution in [2.24, 2.45) is 0 Å². The van der Waals surface area contributed by atoms with Gasteiger partial charge in [0, 0.05) is 14.1 Å². The van der Waals surface area contributed by atoms with Gasteiger partial charge < -0.3 is 24.4 Å². The summed E-state index contributed by atoms with van der Waals surface area (Å²) < 4.78 is 15.1. The van der Waals surface area contributed by atoms with Crippen LogP contribution >= 0.6 is 0 Å². The lowest BCUT2D eigenvalue weighted by atomic mass is 10.1. The number of nitrogens with zero attached hydrogens (tertiary/aromatic N) is 1. The van der Waals surface area contributed by atoms with Crippen LogP contribution in [0.3, 0.4) is 0 Å². The van der Waals surface area contributed by atoms with Crippen molar-refractivity contribution in [3.8, 4) is 11.5 Å². The van der Waals surface area contributed by atoms with Crippen molar-refractivity contribution >= 4 is 17.8 Å². The first-order valence-corrected chi connectivity index (χ1v) is 7.20. The van der Waals surface area contributed by atoms with Crippen molar-refractivity contribution in [1.29, 1.82) is 0 Å². The van der Waals surface area contributed by atoms with E-state index in [4.69, 9.17) is 14.2 Å². The largest absolute Gasteiger partial charge is 0.493 e. The smallest absolute Gasteiger partial charge is 0.310 e. The number of carbonyl (C=O) groups is 3. The third-order valence-corrected chi connectivity index (χ3v) is 3.10. The van der Waals surface area contributed by atoms with E-state index in [1.54, 1.807) is 32.3 Å². The molecule has 1 N–H and O–H groups in total.